The Hall–Kier alpha value is -2.46. The molecule has 3 fully saturated rings. The molecule has 3 N–H and O–H groups in total. The van der Waals surface area contributed by atoms with Crippen LogP contribution in [0.3, 0.4) is 0 Å². The first-order valence-electron chi connectivity index (χ1n) is 12.7. The van der Waals surface area contributed by atoms with Gasteiger partial charge in [-0.1, -0.05) is 12.1 Å². The highest BCUT2D eigenvalue weighted by Gasteiger charge is 2.41. The Morgan fingerprint density at radius 1 is 1.23 bits per heavy atom. The van der Waals surface area contributed by atoms with Crippen LogP contribution in [0.4, 0.5) is 11.6 Å². The topological polar surface area (TPSA) is 101 Å². The predicted molar refractivity (Wildman–Crippen MR) is 135 cm³/mol. The number of nitrogens with zero attached hydrogens (tertiary/aromatic N) is 3. The van der Waals surface area contributed by atoms with Gasteiger partial charge in [-0.2, -0.15) is 0 Å². The molecular formula is C26H37N5O4. The van der Waals surface area contributed by atoms with E-state index in [4.69, 9.17) is 24.2 Å². The zero-order chi connectivity index (χ0) is 24.3. The maximum absolute atomic E-state index is 9.99. The second-order valence-corrected chi connectivity index (χ2v) is 9.87. The number of aliphatic hydroxyl groups is 1. The molecule has 9 nitrogen and oxygen atoms in total. The van der Waals surface area contributed by atoms with Crippen LogP contribution in [0.2, 0.25) is 0 Å². The van der Waals surface area contributed by atoms with Gasteiger partial charge in [-0.3, -0.25) is 0 Å². The molecule has 2 atom stereocenters. The molecule has 3 saturated heterocycles. The molecule has 0 saturated carbocycles. The van der Waals surface area contributed by atoms with E-state index in [0.29, 0.717) is 24.7 Å². The standard InChI is InChI=1S/C26H37N5O4/c1-18-23(28-20-6-12-33-16-20)29-24(19-4-3-5-22(14-19)34-17-21(32)15-27-2)30-25(18)31-10-7-26(8-11-31)9-13-35-26/h3-5,14,20-21,27,32H,6-13,15-17H2,1-2H3,(H,28,29,30). The summed E-state index contributed by atoms with van der Waals surface area (Å²) in [6, 6.07) is 8.02. The number of nitrogens with one attached hydrogen (secondary N) is 2. The highest BCUT2D eigenvalue weighted by molar-refractivity contribution is 5.67. The molecule has 3 aliphatic heterocycles. The molecule has 1 aromatic carbocycles. The Labute approximate surface area is 207 Å². The van der Waals surface area contributed by atoms with Gasteiger partial charge in [0.2, 0.25) is 0 Å². The molecule has 5 rings (SSSR count). The van der Waals surface area contributed by atoms with E-state index in [1.54, 1.807) is 7.05 Å². The van der Waals surface area contributed by atoms with Crippen LogP contribution in [0.5, 0.6) is 5.75 Å². The lowest BCUT2D eigenvalue weighted by Crippen LogP contribution is -2.52. The highest BCUT2D eigenvalue weighted by atomic mass is 16.5. The maximum atomic E-state index is 9.99. The number of benzene rings is 1. The van der Waals surface area contributed by atoms with Crippen LogP contribution in [0, 0.1) is 6.92 Å². The molecule has 4 heterocycles. The number of hydrogen-bond acceptors (Lipinski definition) is 9. The van der Waals surface area contributed by atoms with Crippen molar-refractivity contribution < 1.29 is 19.3 Å². The van der Waals surface area contributed by atoms with Crippen LogP contribution in [0.1, 0.15) is 31.2 Å². The van der Waals surface area contributed by atoms with Crippen molar-refractivity contribution in [2.45, 2.75) is 50.4 Å². The van der Waals surface area contributed by atoms with Crippen molar-refractivity contribution in [2.75, 3.05) is 63.3 Å². The largest absolute Gasteiger partial charge is 0.491 e. The van der Waals surface area contributed by atoms with E-state index in [0.717, 1.165) is 68.3 Å². The number of rotatable bonds is 9. The lowest BCUT2D eigenvalue weighted by Gasteiger charge is -2.48. The van der Waals surface area contributed by atoms with Crippen LogP contribution in [-0.4, -0.2) is 85.9 Å². The molecule has 35 heavy (non-hydrogen) atoms. The Bertz CT molecular complexity index is 999. The molecule has 0 radical (unpaired) electrons. The van der Waals surface area contributed by atoms with Gasteiger partial charge in [-0.15, -0.1) is 0 Å². The normalized spacial score (nSPS) is 22.1. The van der Waals surface area contributed by atoms with Gasteiger partial charge in [-0.25, -0.2) is 9.97 Å². The van der Waals surface area contributed by atoms with Gasteiger partial charge in [-0.05, 0) is 51.8 Å². The fourth-order valence-electron chi connectivity index (χ4n) is 5.05. The van der Waals surface area contributed by atoms with Crippen LogP contribution in [0.15, 0.2) is 24.3 Å². The summed E-state index contributed by atoms with van der Waals surface area (Å²) >= 11 is 0. The van der Waals surface area contributed by atoms with E-state index in [9.17, 15) is 5.11 Å². The van der Waals surface area contributed by atoms with Crippen molar-refractivity contribution in [1.82, 2.24) is 15.3 Å². The van der Waals surface area contributed by atoms with Crippen molar-refractivity contribution in [3.8, 4) is 17.1 Å². The second kappa shape index (κ2) is 10.7. The summed E-state index contributed by atoms with van der Waals surface area (Å²) in [5.41, 5.74) is 2.04. The van der Waals surface area contributed by atoms with Crippen LogP contribution in [0.25, 0.3) is 11.4 Å². The fraction of sp³-hybridized carbons (Fsp3) is 0.615. The van der Waals surface area contributed by atoms with Crippen molar-refractivity contribution >= 4 is 11.6 Å². The van der Waals surface area contributed by atoms with Crippen LogP contribution < -0.4 is 20.3 Å². The number of ether oxygens (including phenoxy) is 3. The molecule has 1 spiro atoms. The van der Waals surface area contributed by atoms with Gasteiger partial charge in [0.1, 0.15) is 30.1 Å². The zero-order valence-corrected chi connectivity index (χ0v) is 20.8. The average molecular weight is 484 g/mol. The smallest absolute Gasteiger partial charge is 0.164 e. The van der Waals surface area contributed by atoms with Gasteiger partial charge >= 0.3 is 0 Å². The highest BCUT2D eigenvalue weighted by Crippen LogP contribution is 2.39. The molecule has 1 aromatic heterocycles. The first-order chi connectivity index (χ1) is 17.0. The first kappa shape index (κ1) is 24.2. The lowest BCUT2D eigenvalue weighted by atomic mass is 9.84. The zero-order valence-electron chi connectivity index (χ0n) is 20.8. The Morgan fingerprint density at radius 3 is 2.74 bits per heavy atom. The van der Waals surface area contributed by atoms with E-state index in [1.807, 2.05) is 24.3 Å². The molecule has 0 aliphatic carbocycles. The van der Waals surface area contributed by atoms with Gasteiger partial charge < -0.3 is 34.9 Å². The minimum atomic E-state index is -0.572. The minimum Gasteiger partial charge on any atom is -0.491 e. The van der Waals surface area contributed by atoms with Crippen molar-refractivity contribution in [2.24, 2.45) is 0 Å². The van der Waals surface area contributed by atoms with Gasteiger partial charge in [0.05, 0.1) is 24.9 Å². The molecule has 3 aliphatic rings. The molecule has 2 aromatic rings. The van der Waals surface area contributed by atoms with E-state index < -0.39 is 6.10 Å². The third-order valence-corrected chi connectivity index (χ3v) is 7.31. The SMILES string of the molecule is CNCC(O)COc1cccc(-c2nc(NC3CCOC3)c(C)c(N3CCC4(CCO4)CC3)n2)c1. The van der Waals surface area contributed by atoms with Crippen LogP contribution in [-0.2, 0) is 9.47 Å². The Kier molecular flexibility index (Phi) is 7.38. The summed E-state index contributed by atoms with van der Waals surface area (Å²) in [7, 11) is 1.81. The summed E-state index contributed by atoms with van der Waals surface area (Å²) in [6.45, 7) is 7.00. The Balaban J connectivity index is 1.41. The Morgan fingerprint density at radius 2 is 2.06 bits per heavy atom. The first-order valence-corrected chi connectivity index (χ1v) is 12.7. The number of piperidine rings is 1. The van der Waals surface area contributed by atoms with Gasteiger partial charge in [0.15, 0.2) is 5.82 Å². The number of likely N-dealkylation sites (N-methyl/N-ethyl adjacent to an activating group) is 1. The molecule has 2 unspecified atom stereocenters. The minimum absolute atomic E-state index is 0.0893. The molecule has 0 bridgehead atoms. The second-order valence-electron chi connectivity index (χ2n) is 9.87. The van der Waals surface area contributed by atoms with Crippen molar-refractivity contribution in [1.29, 1.82) is 0 Å². The summed E-state index contributed by atoms with van der Waals surface area (Å²) in [5.74, 6) is 3.18. The maximum Gasteiger partial charge on any atom is 0.164 e. The van der Waals surface area contributed by atoms with Crippen molar-refractivity contribution in [3.05, 3.63) is 29.8 Å². The summed E-state index contributed by atoms with van der Waals surface area (Å²) in [4.78, 5) is 12.4. The van der Waals surface area contributed by atoms with Crippen LogP contribution >= 0.6 is 0 Å². The molecule has 9 heteroatoms. The molecule has 190 valence electrons. The third kappa shape index (κ3) is 5.53. The fourth-order valence-corrected chi connectivity index (χ4v) is 5.05. The predicted octanol–water partition coefficient (Wildman–Crippen LogP) is 2.37. The number of anilines is 2. The summed E-state index contributed by atoms with van der Waals surface area (Å²) in [6.07, 6.45) is 3.62. The monoisotopic (exact) mass is 483 g/mol. The quantitative estimate of drug-likeness (QED) is 0.496. The summed E-state index contributed by atoms with van der Waals surface area (Å²) < 4.78 is 17.3. The summed E-state index contributed by atoms with van der Waals surface area (Å²) in [5, 5.41) is 16.6. The van der Waals surface area contributed by atoms with Gasteiger partial charge in [0.25, 0.3) is 0 Å². The third-order valence-electron chi connectivity index (χ3n) is 7.31. The van der Waals surface area contributed by atoms with E-state index in [-0.39, 0.29) is 18.2 Å². The van der Waals surface area contributed by atoms with E-state index >= 15 is 0 Å². The molecular weight excluding hydrogens is 446 g/mol. The molecule has 0 amide bonds. The number of aromatic nitrogens is 2. The van der Waals surface area contributed by atoms with E-state index in [1.165, 1.54) is 6.42 Å². The van der Waals surface area contributed by atoms with E-state index in [2.05, 4.69) is 22.5 Å². The average Bonchev–Trinajstić information content (AvgIpc) is 3.37. The van der Waals surface area contributed by atoms with Gasteiger partial charge in [0, 0.05) is 37.4 Å². The number of hydrogen-bond donors (Lipinski definition) is 3. The number of aliphatic hydroxyl groups excluding tert-OH is 1. The van der Waals surface area contributed by atoms with Crippen molar-refractivity contribution in [3.63, 3.8) is 0 Å². The lowest BCUT2D eigenvalue weighted by molar-refractivity contribution is -0.158.